The van der Waals surface area contributed by atoms with Crippen LogP contribution in [0, 0.1) is 11.3 Å². The van der Waals surface area contributed by atoms with Gasteiger partial charge < -0.3 is 4.74 Å². The van der Waals surface area contributed by atoms with E-state index in [1.54, 1.807) is 16.0 Å². The zero-order valence-corrected chi connectivity index (χ0v) is 15.5. The van der Waals surface area contributed by atoms with Crippen LogP contribution in [0.25, 0.3) is 21.7 Å². The minimum absolute atomic E-state index is 0.424. The van der Waals surface area contributed by atoms with Gasteiger partial charge in [-0.1, -0.05) is 24.3 Å². The Bertz CT molecular complexity index is 1090. The first kappa shape index (κ1) is 17.0. The van der Waals surface area contributed by atoms with Crippen molar-refractivity contribution in [1.29, 1.82) is 5.26 Å². The van der Waals surface area contributed by atoms with Gasteiger partial charge in [-0.15, -0.1) is 11.3 Å². The van der Waals surface area contributed by atoms with E-state index in [1.165, 1.54) is 0 Å². The molecule has 0 saturated carbocycles. The van der Waals surface area contributed by atoms with Crippen LogP contribution in [0.5, 0.6) is 5.75 Å². The van der Waals surface area contributed by atoms with Crippen LogP contribution in [0.4, 0.5) is 0 Å². The van der Waals surface area contributed by atoms with E-state index in [0.717, 1.165) is 33.1 Å². The van der Waals surface area contributed by atoms with E-state index in [1.807, 2.05) is 73.4 Å². The molecule has 132 valence electrons. The molecule has 5 nitrogen and oxygen atoms in total. The molecule has 2 aromatic heterocycles. The molecule has 0 amide bonds. The summed E-state index contributed by atoms with van der Waals surface area (Å²) in [4.78, 5) is 4.60. The molecular formula is C21H16N4OS. The standard InChI is InChI=1S/C21H16N4OS/c1-25-12-18(11-23-25)21-24-19(14-27-21)13-26-20-8-6-17(7-9-20)16-4-2-15(10-22)3-5-16/h2-9,11-12,14H,13H2,1H3. The Morgan fingerprint density at radius 3 is 2.37 bits per heavy atom. The van der Waals surface area contributed by atoms with Crippen LogP contribution < -0.4 is 4.74 Å². The van der Waals surface area contributed by atoms with Crippen molar-refractivity contribution in [2.45, 2.75) is 6.61 Å². The summed E-state index contributed by atoms with van der Waals surface area (Å²) in [6, 6.07) is 17.6. The third-order valence-electron chi connectivity index (χ3n) is 4.09. The van der Waals surface area contributed by atoms with Crippen molar-refractivity contribution < 1.29 is 4.74 Å². The van der Waals surface area contributed by atoms with E-state index in [4.69, 9.17) is 10.00 Å². The molecule has 27 heavy (non-hydrogen) atoms. The maximum absolute atomic E-state index is 8.88. The van der Waals surface area contributed by atoms with Crippen LogP contribution in [0.1, 0.15) is 11.3 Å². The molecule has 4 rings (SSSR count). The first-order valence-corrected chi connectivity index (χ1v) is 9.26. The molecule has 6 heteroatoms. The van der Waals surface area contributed by atoms with Gasteiger partial charge in [0.1, 0.15) is 17.4 Å². The Morgan fingerprint density at radius 1 is 1.04 bits per heavy atom. The van der Waals surface area contributed by atoms with Crippen LogP contribution in [0.2, 0.25) is 0 Å². The average molecular weight is 372 g/mol. The molecule has 0 N–H and O–H groups in total. The summed E-state index contributed by atoms with van der Waals surface area (Å²) in [6.45, 7) is 0.424. The second-order valence-electron chi connectivity index (χ2n) is 6.05. The van der Waals surface area contributed by atoms with Crippen LogP contribution in [0.3, 0.4) is 0 Å². The molecule has 0 saturated heterocycles. The molecule has 0 radical (unpaired) electrons. The van der Waals surface area contributed by atoms with Gasteiger partial charge in [0.25, 0.3) is 0 Å². The van der Waals surface area contributed by atoms with Crippen molar-refractivity contribution in [3.63, 3.8) is 0 Å². The van der Waals surface area contributed by atoms with Crippen LogP contribution in [0.15, 0.2) is 66.3 Å². The van der Waals surface area contributed by atoms with Gasteiger partial charge in [0.15, 0.2) is 0 Å². The molecule has 4 aromatic rings. The Kier molecular flexibility index (Phi) is 4.69. The lowest BCUT2D eigenvalue weighted by Gasteiger charge is -2.06. The lowest BCUT2D eigenvalue weighted by atomic mass is 10.0. The second kappa shape index (κ2) is 7.44. The maximum Gasteiger partial charge on any atom is 0.131 e. The van der Waals surface area contributed by atoms with Crippen molar-refractivity contribution in [3.05, 3.63) is 77.6 Å². The number of rotatable bonds is 5. The third-order valence-corrected chi connectivity index (χ3v) is 5.03. The van der Waals surface area contributed by atoms with Gasteiger partial charge in [0, 0.05) is 24.2 Å². The predicted molar refractivity (Wildman–Crippen MR) is 105 cm³/mol. The number of hydrogen-bond acceptors (Lipinski definition) is 5. The number of ether oxygens (including phenoxy) is 1. The highest BCUT2D eigenvalue weighted by atomic mass is 32.1. The van der Waals surface area contributed by atoms with Gasteiger partial charge in [-0.3, -0.25) is 4.68 Å². The van der Waals surface area contributed by atoms with Crippen molar-refractivity contribution in [1.82, 2.24) is 14.8 Å². The summed E-state index contributed by atoms with van der Waals surface area (Å²) in [6.07, 6.45) is 3.76. The molecule has 2 aromatic carbocycles. The van der Waals surface area contributed by atoms with Gasteiger partial charge in [0.05, 0.1) is 23.5 Å². The first-order valence-electron chi connectivity index (χ1n) is 8.38. The Morgan fingerprint density at radius 2 is 1.74 bits per heavy atom. The largest absolute Gasteiger partial charge is 0.487 e. The number of hydrogen-bond donors (Lipinski definition) is 0. The molecule has 0 unspecified atom stereocenters. The molecular weight excluding hydrogens is 356 g/mol. The minimum Gasteiger partial charge on any atom is -0.487 e. The topological polar surface area (TPSA) is 63.7 Å². The number of aryl methyl sites for hydroxylation is 1. The van der Waals surface area contributed by atoms with E-state index in [2.05, 4.69) is 16.2 Å². The van der Waals surface area contributed by atoms with E-state index in [0.29, 0.717) is 12.2 Å². The molecule has 0 spiro atoms. The predicted octanol–water partition coefficient (Wildman–Crippen LogP) is 4.66. The first-order chi connectivity index (χ1) is 13.2. The van der Waals surface area contributed by atoms with Crippen molar-refractivity contribution >= 4 is 11.3 Å². The molecule has 0 bridgehead atoms. The maximum atomic E-state index is 8.88. The van der Waals surface area contributed by atoms with Gasteiger partial charge in [-0.05, 0) is 35.4 Å². The van der Waals surface area contributed by atoms with Crippen LogP contribution >= 0.6 is 11.3 Å². The normalized spacial score (nSPS) is 10.5. The Hall–Kier alpha value is -3.43. The third kappa shape index (κ3) is 3.89. The number of thiazole rings is 1. The highest BCUT2D eigenvalue weighted by Gasteiger charge is 2.07. The summed E-state index contributed by atoms with van der Waals surface area (Å²) >= 11 is 1.59. The zero-order chi connectivity index (χ0) is 18.6. The molecule has 2 heterocycles. The Labute approximate surface area is 161 Å². The van der Waals surface area contributed by atoms with Crippen LogP contribution in [-0.4, -0.2) is 14.8 Å². The Balaban J connectivity index is 1.40. The van der Waals surface area contributed by atoms with E-state index in [9.17, 15) is 0 Å². The number of aromatic nitrogens is 3. The van der Waals surface area contributed by atoms with E-state index in [-0.39, 0.29) is 0 Å². The number of nitriles is 1. The van der Waals surface area contributed by atoms with Gasteiger partial charge in [-0.2, -0.15) is 10.4 Å². The fourth-order valence-corrected chi connectivity index (χ4v) is 3.46. The minimum atomic E-state index is 0.424. The lowest BCUT2D eigenvalue weighted by molar-refractivity contribution is 0.302. The number of benzene rings is 2. The molecule has 0 aliphatic carbocycles. The van der Waals surface area contributed by atoms with Crippen LogP contribution in [-0.2, 0) is 13.7 Å². The molecule has 0 aliphatic rings. The summed E-state index contributed by atoms with van der Waals surface area (Å²) in [5.74, 6) is 0.795. The summed E-state index contributed by atoms with van der Waals surface area (Å²) in [5.41, 5.74) is 4.73. The van der Waals surface area contributed by atoms with Crippen molar-refractivity contribution in [2.24, 2.45) is 7.05 Å². The fourth-order valence-electron chi connectivity index (χ4n) is 2.68. The van der Waals surface area contributed by atoms with Gasteiger partial charge in [-0.25, -0.2) is 4.98 Å². The van der Waals surface area contributed by atoms with Gasteiger partial charge in [0.2, 0.25) is 0 Å². The highest BCUT2D eigenvalue weighted by Crippen LogP contribution is 2.25. The van der Waals surface area contributed by atoms with E-state index >= 15 is 0 Å². The summed E-state index contributed by atoms with van der Waals surface area (Å²) < 4.78 is 7.62. The quantitative estimate of drug-likeness (QED) is 0.511. The lowest BCUT2D eigenvalue weighted by Crippen LogP contribution is -1.95. The second-order valence-corrected chi connectivity index (χ2v) is 6.91. The van der Waals surface area contributed by atoms with Crippen molar-refractivity contribution in [3.8, 4) is 33.5 Å². The SMILES string of the molecule is Cn1cc(-c2nc(COc3ccc(-c4ccc(C#N)cc4)cc3)cs2)cn1. The van der Waals surface area contributed by atoms with Gasteiger partial charge >= 0.3 is 0 Å². The smallest absolute Gasteiger partial charge is 0.131 e. The average Bonchev–Trinajstić information content (AvgIpc) is 3.36. The molecule has 0 atom stereocenters. The van der Waals surface area contributed by atoms with E-state index < -0.39 is 0 Å². The fraction of sp³-hybridized carbons (Fsp3) is 0.0952. The zero-order valence-electron chi connectivity index (χ0n) is 14.7. The highest BCUT2D eigenvalue weighted by molar-refractivity contribution is 7.13. The monoisotopic (exact) mass is 372 g/mol. The number of nitrogens with zero attached hydrogens (tertiary/aromatic N) is 4. The van der Waals surface area contributed by atoms with Crippen molar-refractivity contribution in [2.75, 3.05) is 0 Å². The molecule has 0 fully saturated rings. The summed E-state index contributed by atoms with van der Waals surface area (Å²) in [7, 11) is 1.89. The summed E-state index contributed by atoms with van der Waals surface area (Å²) in [5, 5.41) is 16.0. The molecule has 0 aliphatic heterocycles.